The van der Waals surface area contributed by atoms with Crippen LogP contribution in [0.15, 0.2) is 24.8 Å². The van der Waals surface area contributed by atoms with Gasteiger partial charge in [0, 0.05) is 18.3 Å². The summed E-state index contributed by atoms with van der Waals surface area (Å²) in [6, 6.07) is 3.93. The van der Waals surface area contributed by atoms with Crippen LogP contribution in [-0.2, 0) is 13.0 Å². The zero-order valence-electron chi connectivity index (χ0n) is 9.91. The van der Waals surface area contributed by atoms with Crippen molar-refractivity contribution in [3.63, 3.8) is 0 Å². The molecule has 1 aromatic rings. The molecule has 0 aliphatic carbocycles. The summed E-state index contributed by atoms with van der Waals surface area (Å²) in [6.45, 7) is 6.95. The largest absolute Gasteiger partial charge is 0.478 e. The number of hydrogen-bond donors (Lipinski definition) is 1. The number of aromatic nitrogens is 1. The number of rotatable bonds is 7. The number of nitrogens with two attached hydrogens (primary N) is 1. The highest BCUT2D eigenvalue weighted by atomic mass is 16.5. The number of allylic oxidation sites excluding steroid dienone is 1. The lowest BCUT2D eigenvalue weighted by molar-refractivity contribution is 0.299. The lowest BCUT2D eigenvalue weighted by Crippen LogP contribution is -2.04. The second-order valence-corrected chi connectivity index (χ2v) is 3.64. The quantitative estimate of drug-likeness (QED) is 0.567. The Morgan fingerprint density at radius 3 is 2.94 bits per heavy atom. The predicted octanol–water partition coefficient (Wildman–Crippen LogP) is 2.45. The zero-order chi connectivity index (χ0) is 11.8. The second kappa shape index (κ2) is 7.01. The zero-order valence-corrected chi connectivity index (χ0v) is 9.91. The summed E-state index contributed by atoms with van der Waals surface area (Å²) in [5, 5.41) is 0. The van der Waals surface area contributed by atoms with E-state index in [1.807, 2.05) is 18.2 Å². The van der Waals surface area contributed by atoms with Gasteiger partial charge >= 0.3 is 0 Å². The van der Waals surface area contributed by atoms with Crippen molar-refractivity contribution in [3.8, 4) is 5.88 Å². The van der Waals surface area contributed by atoms with Crippen molar-refractivity contribution >= 4 is 0 Å². The summed E-state index contributed by atoms with van der Waals surface area (Å²) in [4.78, 5) is 4.39. The maximum Gasteiger partial charge on any atom is 0.213 e. The molecule has 0 aliphatic heterocycles. The molecule has 1 aromatic heterocycles. The van der Waals surface area contributed by atoms with Gasteiger partial charge in [-0.1, -0.05) is 13.0 Å². The van der Waals surface area contributed by atoms with Crippen LogP contribution in [0.4, 0.5) is 0 Å². The van der Waals surface area contributed by atoms with Crippen molar-refractivity contribution in [1.82, 2.24) is 4.98 Å². The van der Waals surface area contributed by atoms with E-state index in [1.54, 1.807) is 0 Å². The van der Waals surface area contributed by atoms with E-state index in [0.717, 1.165) is 30.5 Å². The molecule has 1 rings (SSSR count). The fourth-order valence-electron chi connectivity index (χ4n) is 1.40. The third-order valence-electron chi connectivity index (χ3n) is 2.32. The van der Waals surface area contributed by atoms with Gasteiger partial charge in [0.05, 0.1) is 6.61 Å². The van der Waals surface area contributed by atoms with Crippen LogP contribution in [0.3, 0.4) is 0 Å². The van der Waals surface area contributed by atoms with E-state index < -0.39 is 0 Å². The number of unbranched alkanes of at least 4 members (excludes halogenated alkanes) is 1. The van der Waals surface area contributed by atoms with E-state index in [1.165, 1.54) is 0 Å². The molecule has 0 amide bonds. The summed E-state index contributed by atoms with van der Waals surface area (Å²) in [5.74, 6) is 0.684. The molecule has 0 saturated carbocycles. The normalized spacial score (nSPS) is 10.1. The third-order valence-corrected chi connectivity index (χ3v) is 2.32. The van der Waals surface area contributed by atoms with E-state index in [0.29, 0.717) is 19.0 Å². The molecule has 2 N–H and O–H groups in total. The van der Waals surface area contributed by atoms with Crippen LogP contribution in [0.2, 0.25) is 0 Å². The Morgan fingerprint density at radius 2 is 2.31 bits per heavy atom. The molecule has 0 radical (unpaired) electrons. The number of hydrogen-bond acceptors (Lipinski definition) is 3. The van der Waals surface area contributed by atoms with Gasteiger partial charge in [0.2, 0.25) is 5.88 Å². The van der Waals surface area contributed by atoms with Gasteiger partial charge in [-0.3, -0.25) is 0 Å². The van der Waals surface area contributed by atoms with Crippen LogP contribution in [-0.4, -0.2) is 11.6 Å². The lowest BCUT2D eigenvalue weighted by Gasteiger charge is -2.08. The minimum Gasteiger partial charge on any atom is -0.478 e. The van der Waals surface area contributed by atoms with Crippen LogP contribution in [0.5, 0.6) is 5.88 Å². The number of aryl methyl sites for hydroxylation is 1. The first-order valence-corrected chi connectivity index (χ1v) is 5.73. The van der Waals surface area contributed by atoms with Crippen molar-refractivity contribution in [2.45, 2.75) is 32.7 Å². The Bertz CT molecular complexity index is 314. The van der Waals surface area contributed by atoms with Crippen molar-refractivity contribution < 1.29 is 4.74 Å². The highest BCUT2D eigenvalue weighted by Crippen LogP contribution is 2.13. The van der Waals surface area contributed by atoms with Crippen LogP contribution in [0.1, 0.15) is 31.0 Å². The van der Waals surface area contributed by atoms with Gasteiger partial charge in [-0.05, 0) is 30.9 Å². The topological polar surface area (TPSA) is 48.1 Å². The summed E-state index contributed by atoms with van der Waals surface area (Å²) in [6.07, 6.45) is 4.73. The van der Waals surface area contributed by atoms with Crippen molar-refractivity contribution in [3.05, 3.63) is 36.0 Å². The molecule has 0 atom stereocenters. The highest BCUT2D eigenvalue weighted by Gasteiger charge is 2.01. The average Bonchev–Trinajstić information content (AvgIpc) is 2.34. The molecular formula is C13H20N2O. The summed E-state index contributed by atoms with van der Waals surface area (Å²) in [5.41, 5.74) is 7.73. The minimum atomic E-state index is 0.526. The number of pyridine rings is 1. The minimum absolute atomic E-state index is 0.526. The lowest BCUT2D eigenvalue weighted by atomic mass is 10.2. The van der Waals surface area contributed by atoms with E-state index in [-0.39, 0.29) is 0 Å². The molecule has 16 heavy (non-hydrogen) atoms. The van der Waals surface area contributed by atoms with Gasteiger partial charge in [-0.2, -0.15) is 0 Å². The molecule has 0 saturated heterocycles. The summed E-state index contributed by atoms with van der Waals surface area (Å²) >= 11 is 0. The van der Waals surface area contributed by atoms with Gasteiger partial charge in [-0.15, -0.1) is 6.58 Å². The van der Waals surface area contributed by atoms with Crippen molar-refractivity contribution in [1.29, 1.82) is 0 Å². The molecule has 0 unspecified atom stereocenters. The molecule has 3 heteroatoms. The molecule has 88 valence electrons. The summed E-state index contributed by atoms with van der Waals surface area (Å²) < 4.78 is 5.58. The average molecular weight is 220 g/mol. The van der Waals surface area contributed by atoms with Gasteiger partial charge in [0.15, 0.2) is 0 Å². The molecular weight excluding hydrogens is 200 g/mol. The number of nitrogens with zero attached hydrogens (tertiary/aromatic N) is 1. The van der Waals surface area contributed by atoms with Crippen molar-refractivity contribution in [2.24, 2.45) is 5.73 Å². The molecule has 0 spiro atoms. The van der Waals surface area contributed by atoms with E-state index in [2.05, 4.69) is 18.5 Å². The smallest absolute Gasteiger partial charge is 0.213 e. The van der Waals surface area contributed by atoms with Crippen LogP contribution >= 0.6 is 0 Å². The highest BCUT2D eigenvalue weighted by molar-refractivity contribution is 5.25. The Kier molecular flexibility index (Phi) is 5.57. The standard InChI is InChI=1S/C13H20N2O/c1-3-5-6-7-16-13-9-11(10-14)8-12(4-2)15-13/h3,8-9H,1,4-7,10,14H2,2H3. The SMILES string of the molecule is C=CCCCOc1cc(CN)cc(CC)n1. The van der Waals surface area contributed by atoms with E-state index in [4.69, 9.17) is 10.5 Å². The fourth-order valence-corrected chi connectivity index (χ4v) is 1.40. The first-order chi connectivity index (χ1) is 7.80. The Hall–Kier alpha value is -1.35. The Labute approximate surface area is 97.3 Å². The van der Waals surface area contributed by atoms with Crippen LogP contribution < -0.4 is 10.5 Å². The van der Waals surface area contributed by atoms with Gasteiger partial charge < -0.3 is 10.5 Å². The molecule has 0 fully saturated rings. The Balaban J connectivity index is 2.60. The van der Waals surface area contributed by atoms with Gasteiger partial charge in [0.1, 0.15) is 0 Å². The van der Waals surface area contributed by atoms with Gasteiger partial charge in [0.25, 0.3) is 0 Å². The maximum absolute atomic E-state index is 5.62. The monoisotopic (exact) mass is 220 g/mol. The first-order valence-electron chi connectivity index (χ1n) is 5.73. The molecule has 1 heterocycles. The van der Waals surface area contributed by atoms with E-state index in [9.17, 15) is 0 Å². The van der Waals surface area contributed by atoms with Crippen LogP contribution in [0, 0.1) is 0 Å². The third kappa shape index (κ3) is 4.03. The predicted molar refractivity (Wildman–Crippen MR) is 66.4 cm³/mol. The van der Waals surface area contributed by atoms with Crippen LogP contribution in [0.25, 0.3) is 0 Å². The molecule has 0 bridgehead atoms. The second-order valence-electron chi connectivity index (χ2n) is 3.64. The molecule has 0 aliphatic rings. The Morgan fingerprint density at radius 1 is 1.50 bits per heavy atom. The maximum atomic E-state index is 5.62. The van der Waals surface area contributed by atoms with E-state index >= 15 is 0 Å². The molecule has 0 aromatic carbocycles. The van der Waals surface area contributed by atoms with Crippen molar-refractivity contribution in [2.75, 3.05) is 6.61 Å². The number of ether oxygens (including phenoxy) is 1. The molecule has 3 nitrogen and oxygen atoms in total. The van der Waals surface area contributed by atoms with Gasteiger partial charge in [-0.25, -0.2) is 4.98 Å². The summed E-state index contributed by atoms with van der Waals surface area (Å²) in [7, 11) is 0. The fraction of sp³-hybridized carbons (Fsp3) is 0.462. The first kappa shape index (κ1) is 12.7.